The topological polar surface area (TPSA) is 64.9 Å². The molecular weight excluding hydrogens is 277 g/mol. The van der Waals surface area contributed by atoms with Gasteiger partial charge in [0.15, 0.2) is 0 Å². The van der Waals surface area contributed by atoms with Crippen molar-refractivity contribution in [2.45, 2.75) is 37.3 Å². The number of thioether (sulfide) groups is 1. The highest BCUT2D eigenvalue weighted by Crippen LogP contribution is 2.26. The van der Waals surface area contributed by atoms with Gasteiger partial charge in [0.2, 0.25) is 5.89 Å². The van der Waals surface area contributed by atoms with Crippen LogP contribution in [0.1, 0.15) is 37.8 Å². The molecular formula is C14H18FN3OS. The molecule has 0 aliphatic heterocycles. The molecule has 2 atom stereocenters. The molecule has 4 nitrogen and oxygen atoms in total. The van der Waals surface area contributed by atoms with E-state index in [-0.39, 0.29) is 11.9 Å². The molecule has 108 valence electrons. The first-order chi connectivity index (χ1) is 9.60. The smallest absolute Gasteiger partial charge is 0.276 e. The van der Waals surface area contributed by atoms with Crippen molar-refractivity contribution in [2.24, 2.45) is 11.7 Å². The molecule has 6 heteroatoms. The quantitative estimate of drug-likeness (QED) is 0.826. The summed E-state index contributed by atoms with van der Waals surface area (Å²) in [6, 6.07) is 6.13. The molecule has 2 aromatic rings. The molecule has 1 aromatic heterocycles. The third-order valence-electron chi connectivity index (χ3n) is 3.24. The number of nitrogens with two attached hydrogens (primary N) is 1. The standard InChI is InChI=1S/C14H18FN3OS/c1-3-9(2)12(16)13-17-18-14(19-13)20-8-10-4-6-11(15)7-5-10/h4-7,9,12H,3,8,16H2,1-2H3/t9?,12-/m0/s1. The number of aromatic nitrogens is 2. The predicted octanol–water partition coefficient (Wildman–Crippen LogP) is 3.55. The van der Waals surface area contributed by atoms with E-state index in [0.717, 1.165) is 12.0 Å². The minimum Gasteiger partial charge on any atom is -0.414 e. The summed E-state index contributed by atoms with van der Waals surface area (Å²) in [4.78, 5) is 0. The summed E-state index contributed by atoms with van der Waals surface area (Å²) in [5.41, 5.74) is 7.04. The van der Waals surface area contributed by atoms with Gasteiger partial charge < -0.3 is 10.2 Å². The van der Waals surface area contributed by atoms with Gasteiger partial charge in [-0.2, -0.15) is 0 Å². The largest absolute Gasteiger partial charge is 0.414 e. The van der Waals surface area contributed by atoms with Crippen LogP contribution in [0.4, 0.5) is 4.39 Å². The lowest BCUT2D eigenvalue weighted by molar-refractivity contribution is 0.333. The van der Waals surface area contributed by atoms with Crippen LogP contribution < -0.4 is 5.73 Å². The van der Waals surface area contributed by atoms with Gasteiger partial charge in [-0.25, -0.2) is 4.39 Å². The Morgan fingerprint density at radius 3 is 2.65 bits per heavy atom. The van der Waals surface area contributed by atoms with Crippen LogP contribution in [0.2, 0.25) is 0 Å². The van der Waals surface area contributed by atoms with Crippen molar-refractivity contribution in [2.75, 3.05) is 0 Å². The monoisotopic (exact) mass is 295 g/mol. The molecule has 0 bridgehead atoms. The van der Waals surface area contributed by atoms with E-state index in [2.05, 4.69) is 24.0 Å². The molecule has 0 radical (unpaired) electrons. The molecule has 1 heterocycles. The van der Waals surface area contributed by atoms with Crippen LogP contribution in [0.5, 0.6) is 0 Å². The Bertz CT molecular complexity index is 544. The minimum absolute atomic E-state index is 0.229. The fourth-order valence-electron chi connectivity index (χ4n) is 1.64. The summed E-state index contributed by atoms with van der Waals surface area (Å²) in [5.74, 6) is 1.19. The summed E-state index contributed by atoms with van der Waals surface area (Å²) >= 11 is 1.42. The highest BCUT2D eigenvalue weighted by molar-refractivity contribution is 7.98. The zero-order chi connectivity index (χ0) is 14.5. The van der Waals surface area contributed by atoms with Crippen LogP contribution >= 0.6 is 11.8 Å². The number of benzene rings is 1. The maximum Gasteiger partial charge on any atom is 0.276 e. The normalized spacial score (nSPS) is 14.2. The van der Waals surface area contributed by atoms with Gasteiger partial charge in [0.1, 0.15) is 5.82 Å². The van der Waals surface area contributed by atoms with E-state index in [1.165, 1.54) is 23.9 Å². The number of nitrogens with zero attached hydrogens (tertiary/aromatic N) is 2. The second-order valence-corrected chi connectivity index (χ2v) is 5.66. The maximum atomic E-state index is 12.8. The van der Waals surface area contributed by atoms with Crippen molar-refractivity contribution in [3.63, 3.8) is 0 Å². The minimum atomic E-state index is -0.238. The Morgan fingerprint density at radius 1 is 1.30 bits per heavy atom. The predicted molar refractivity (Wildman–Crippen MR) is 76.6 cm³/mol. The second kappa shape index (κ2) is 6.85. The highest BCUT2D eigenvalue weighted by atomic mass is 32.2. The molecule has 0 saturated carbocycles. The average molecular weight is 295 g/mol. The molecule has 1 unspecified atom stereocenters. The van der Waals surface area contributed by atoms with Gasteiger partial charge in [-0.05, 0) is 23.6 Å². The summed E-state index contributed by atoms with van der Waals surface area (Å²) in [5, 5.41) is 8.46. The van der Waals surface area contributed by atoms with Crippen LogP contribution in [-0.4, -0.2) is 10.2 Å². The van der Waals surface area contributed by atoms with Crippen molar-refractivity contribution < 1.29 is 8.81 Å². The molecule has 0 saturated heterocycles. The van der Waals surface area contributed by atoms with Crippen LogP contribution in [0.25, 0.3) is 0 Å². The van der Waals surface area contributed by atoms with Crippen LogP contribution in [0.3, 0.4) is 0 Å². The first-order valence-electron chi connectivity index (χ1n) is 6.56. The summed E-state index contributed by atoms with van der Waals surface area (Å²) < 4.78 is 18.3. The molecule has 0 amide bonds. The van der Waals surface area contributed by atoms with Crippen LogP contribution in [-0.2, 0) is 5.75 Å². The van der Waals surface area contributed by atoms with E-state index in [1.807, 2.05) is 0 Å². The van der Waals surface area contributed by atoms with Crippen molar-refractivity contribution in [3.8, 4) is 0 Å². The lowest BCUT2D eigenvalue weighted by Crippen LogP contribution is -2.18. The van der Waals surface area contributed by atoms with E-state index in [0.29, 0.717) is 22.8 Å². The second-order valence-electron chi connectivity index (χ2n) is 4.73. The van der Waals surface area contributed by atoms with Crippen LogP contribution in [0, 0.1) is 11.7 Å². The zero-order valence-corrected chi connectivity index (χ0v) is 12.4. The summed E-state index contributed by atoms with van der Waals surface area (Å²) in [6.07, 6.45) is 0.960. The van der Waals surface area contributed by atoms with Crippen molar-refractivity contribution in [1.29, 1.82) is 0 Å². The molecule has 2 N–H and O–H groups in total. The van der Waals surface area contributed by atoms with Gasteiger partial charge in [0.25, 0.3) is 5.22 Å². The number of hydrogen-bond donors (Lipinski definition) is 1. The Hall–Kier alpha value is -1.40. The van der Waals surface area contributed by atoms with E-state index in [9.17, 15) is 4.39 Å². The van der Waals surface area contributed by atoms with E-state index in [1.54, 1.807) is 12.1 Å². The Labute approximate surface area is 122 Å². The highest BCUT2D eigenvalue weighted by Gasteiger charge is 2.19. The first kappa shape index (κ1) is 15.0. The Balaban J connectivity index is 1.94. The van der Waals surface area contributed by atoms with Gasteiger partial charge in [-0.1, -0.05) is 44.2 Å². The molecule has 0 fully saturated rings. The maximum absolute atomic E-state index is 12.8. The molecule has 0 aliphatic rings. The molecule has 1 aromatic carbocycles. The Kier molecular flexibility index (Phi) is 5.14. The summed E-state index contributed by atoms with van der Waals surface area (Å²) in [6.45, 7) is 4.13. The van der Waals surface area contributed by atoms with Crippen molar-refractivity contribution in [1.82, 2.24) is 10.2 Å². The van der Waals surface area contributed by atoms with Gasteiger partial charge in [-0.15, -0.1) is 10.2 Å². The van der Waals surface area contributed by atoms with Gasteiger partial charge in [-0.3, -0.25) is 0 Å². The zero-order valence-electron chi connectivity index (χ0n) is 11.5. The third kappa shape index (κ3) is 3.80. The lowest BCUT2D eigenvalue weighted by atomic mass is 10.0. The van der Waals surface area contributed by atoms with Crippen LogP contribution in [0.15, 0.2) is 33.9 Å². The number of rotatable bonds is 6. The molecule has 0 spiro atoms. The molecule has 0 aliphatic carbocycles. The first-order valence-corrected chi connectivity index (χ1v) is 7.55. The molecule has 2 rings (SSSR count). The fourth-order valence-corrected chi connectivity index (χ4v) is 2.36. The number of halogens is 1. The lowest BCUT2D eigenvalue weighted by Gasteiger charge is -2.13. The Morgan fingerprint density at radius 2 is 2.00 bits per heavy atom. The fraction of sp³-hybridized carbons (Fsp3) is 0.429. The summed E-state index contributed by atoms with van der Waals surface area (Å²) in [7, 11) is 0. The molecule has 20 heavy (non-hydrogen) atoms. The van der Waals surface area contributed by atoms with E-state index in [4.69, 9.17) is 10.2 Å². The van der Waals surface area contributed by atoms with Gasteiger partial charge >= 0.3 is 0 Å². The third-order valence-corrected chi connectivity index (χ3v) is 4.13. The van der Waals surface area contributed by atoms with Gasteiger partial charge in [0, 0.05) is 5.75 Å². The number of hydrogen-bond acceptors (Lipinski definition) is 5. The van der Waals surface area contributed by atoms with E-state index < -0.39 is 0 Å². The SMILES string of the molecule is CCC(C)[C@H](N)c1nnc(SCc2ccc(F)cc2)o1. The van der Waals surface area contributed by atoms with Crippen molar-refractivity contribution in [3.05, 3.63) is 41.5 Å². The van der Waals surface area contributed by atoms with Crippen molar-refractivity contribution >= 4 is 11.8 Å². The van der Waals surface area contributed by atoms with Gasteiger partial charge in [0.05, 0.1) is 6.04 Å². The average Bonchev–Trinajstić information content (AvgIpc) is 2.94. The van der Waals surface area contributed by atoms with E-state index >= 15 is 0 Å².